The average molecular weight is 243 g/mol. The van der Waals surface area contributed by atoms with E-state index in [1.54, 1.807) is 0 Å². The monoisotopic (exact) mass is 243 g/mol. The number of hydrogen-bond acceptors (Lipinski definition) is 2. The SMILES string of the molecule is Cc1ccnc(-c2ccc(NC(N)=S)cc2)c1. The van der Waals surface area contributed by atoms with Gasteiger partial charge < -0.3 is 11.1 Å². The second-order valence-electron chi connectivity index (χ2n) is 3.79. The highest BCUT2D eigenvalue weighted by Gasteiger charge is 1.99. The third kappa shape index (κ3) is 3.01. The summed E-state index contributed by atoms with van der Waals surface area (Å²) in [5.41, 5.74) is 9.52. The van der Waals surface area contributed by atoms with Crippen LogP contribution < -0.4 is 11.1 Å². The number of pyridine rings is 1. The van der Waals surface area contributed by atoms with Crippen LogP contribution >= 0.6 is 12.2 Å². The lowest BCUT2D eigenvalue weighted by molar-refractivity contribution is 1.29. The molecule has 0 radical (unpaired) electrons. The van der Waals surface area contributed by atoms with Crippen LogP contribution in [0, 0.1) is 6.92 Å². The molecule has 4 heteroatoms. The van der Waals surface area contributed by atoms with Gasteiger partial charge in [0, 0.05) is 17.4 Å². The highest BCUT2D eigenvalue weighted by Crippen LogP contribution is 2.19. The normalized spacial score (nSPS) is 9.94. The largest absolute Gasteiger partial charge is 0.376 e. The summed E-state index contributed by atoms with van der Waals surface area (Å²) in [7, 11) is 0. The Morgan fingerprint density at radius 3 is 2.53 bits per heavy atom. The number of nitrogens with one attached hydrogen (secondary N) is 1. The van der Waals surface area contributed by atoms with E-state index in [1.165, 1.54) is 5.56 Å². The van der Waals surface area contributed by atoms with Gasteiger partial charge in [-0.3, -0.25) is 4.98 Å². The molecule has 0 aliphatic carbocycles. The van der Waals surface area contributed by atoms with Gasteiger partial charge in [-0.15, -0.1) is 0 Å². The van der Waals surface area contributed by atoms with Crippen LogP contribution in [0.4, 0.5) is 5.69 Å². The molecule has 1 aromatic heterocycles. The molecule has 0 fully saturated rings. The van der Waals surface area contributed by atoms with Crippen molar-refractivity contribution in [2.24, 2.45) is 5.73 Å². The van der Waals surface area contributed by atoms with Crippen molar-refractivity contribution in [3.05, 3.63) is 48.2 Å². The van der Waals surface area contributed by atoms with Crippen molar-refractivity contribution < 1.29 is 0 Å². The molecule has 0 aliphatic heterocycles. The molecule has 0 spiro atoms. The molecular formula is C13H13N3S. The predicted molar refractivity (Wildman–Crippen MR) is 74.8 cm³/mol. The Labute approximate surface area is 106 Å². The molecule has 0 unspecified atom stereocenters. The number of anilines is 1. The zero-order chi connectivity index (χ0) is 12.3. The summed E-state index contributed by atoms with van der Waals surface area (Å²) in [6.45, 7) is 2.05. The molecule has 0 atom stereocenters. The van der Waals surface area contributed by atoms with Gasteiger partial charge in [-0.05, 0) is 49.0 Å². The lowest BCUT2D eigenvalue weighted by Crippen LogP contribution is -2.18. The summed E-state index contributed by atoms with van der Waals surface area (Å²) in [6.07, 6.45) is 1.81. The number of aryl methyl sites for hydroxylation is 1. The fourth-order valence-electron chi connectivity index (χ4n) is 1.56. The van der Waals surface area contributed by atoms with Crippen LogP contribution in [0.3, 0.4) is 0 Å². The topological polar surface area (TPSA) is 50.9 Å². The lowest BCUT2D eigenvalue weighted by atomic mass is 10.1. The zero-order valence-electron chi connectivity index (χ0n) is 9.47. The molecule has 0 aliphatic rings. The highest BCUT2D eigenvalue weighted by molar-refractivity contribution is 7.80. The van der Waals surface area contributed by atoms with E-state index in [0.29, 0.717) is 0 Å². The minimum Gasteiger partial charge on any atom is -0.376 e. The third-order valence-electron chi connectivity index (χ3n) is 2.36. The molecule has 2 rings (SSSR count). The Hall–Kier alpha value is -1.94. The molecular weight excluding hydrogens is 230 g/mol. The van der Waals surface area contributed by atoms with Crippen LogP contribution in [0.25, 0.3) is 11.3 Å². The third-order valence-corrected chi connectivity index (χ3v) is 2.47. The maximum absolute atomic E-state index is 5.40. The minimum atomic E-state index is 0.270. The second kappa shape index (κ2) is 4.93. The van der Waals surface area contributed by atoms with Gasteiger partial charge in [0.1, 0.15) is 0 Å². The van der Waals surface area contributed by atoms with Crippen LogP contribution in [0.15, 0.2) is 42.6 Å². The zero-order valence-corrected chi connectivity index (χ0v) is 10.3. The van der Waals surface area contributed by atoms with Gasteiger partial charge in [0.05, 0.1) is 5.69 Å². The van der Waals surface area contributed by atoms with Gasteiger partial charge in [0.2, 0.25) is 0 Å². The Kier molecular flexibility index (Phi) is 3.35. The lowest BCUT2D eigenvalue weighted by Gasteiger charge is -2.05. The quantitative estimate of drug-likeness (QED) is 0.796. The Morgan fingerprint density at radius 1 is 1.24 bits per heavy atom. The van der Waals surface area contributed by atoms with Gasteiger partial charge in [0.15, 0.2) is 5.11 Å². The first kappa shape index (κ1) is 11.5. The van der Waals surface area contributed by atoms with E-state index in [9.17, 15) is 0 Å². The van der Waals surface area contributed by atoms with Crippen molar-refractivity contribution >= 4 is 23.0 Å². The van der Waals surface area contributed by atoms with Crippen LogP contribution in [-0.4, -0.2) is 10.1 Å². The Balaban J connectivity index is 2.26. The summed E-state index contributed by atoms with van der Waals surface area (Å²) >= 11 is 4.78. The number of thiocarbonyl (C=S) groups is 1. The molecule has 17 heavy (non-hydrogen) atoms. The van der Waals surface area contributed by atoms with Crippen LogP contribution in [0.1, 0.15) is 5.56 Å². The number of rotatable bonds is 2. The standard InChI is InChI=1S/C13H13N3S/c1-9-6-7-15-12(8-9)10-2-4-11(5-3-10)16-13(14)17/h2-8H,1H3,(H3,14,16,17). The highest BCUT2D eigenvalue weighted by atomic mass is 32.1. The van der Waals surface area contributed by atoms with E-state index in [2.05, 4.69) is 16.4 Å². The summed E-state index contributed by atoms with van der Waals surface area (Å²) in [5, 5.41) is 3.15. The van der Waals surface area contributed by atoms with Crippen molar-refractivity contribution in [1.29, 1.82) is 0 Å². The van der Waals surface area contributed by atoms with Gasteiger partial charge in [-0.2, -0.15) is 0 Å². The van der Waals surface area contributed by atoms with E-state index in [-0.39, 0.29) is 5.11 Å². The van der Waals surface area contributed by atoms with Gasteiger partial charge in [-0.1, -0.05) is 12.1 Å². The predicted octanol–water partition coefficient (Wildman–Crippen LogP) is 2.71. The fourth-order valence-corrected chi connectivity index (χ4v) is 1.68. The molecule has 86 valence electrons. The molecule has 2 aromatic rings. The van der Waals surface area contributed by atoms with Crippen molar-refractivity contribution in [2.45, 2.75) is 6.92 Å². The molecule has 1 heterocycles. The molecule has 0 bridgehead atoms. The first-order valence-electron chi connectivity index (χ1n) is 5.25. The number of nitrogens with two attached hydrogens (primary N) is 1. The van der Waals surface area contributed by atoms with E-state index in [1.807, 2.05) is 43.5 Å². The minimum absolute atomic E-state index is 0.270. The maximum Gasteiger partial charge on any atom is 0.168 e. The second-order valence-corrected chi connectivity index (χ2v) is 4.22. The molecule has 0 saturated carbocycles. The first-order valence-corrected chi connectivity index (χ1v) is 5.65. The summed E-state index contributed by atoms with van der Waals surface area (Å²) in [6, 6.07) is 11.9. The van der Waals surface area contributed by atoms with Gasteiger partial charge in [0.25, 0.3) is 0 Å². The van der Waals surface area contributed by atoms with Crippen LogP contribution in [-0.2, 0) is 0 Å². The molecule has 1 aromatic carbocycles. The fraction of sp³-hybridized carbons (Fsp3) is 0.0769. The van der Waals surface area contributed by atoms with E-state index >= 15 is 0 Å². The average Bonchev–Trinajstić information content (AvgIpc) is 2.29. The summed E-state index contributed by atoms with van der Waals surface area (Å²) < 4.78 is 0. The molecule has 0 saturated heterocycles. The van der Waals surface area contributed by atoms with Gasteiger partial charge >= 0.3 is 0 Å². The van der Waals surface area contributed by atoms with Crippen LogP contribution in [0.2, 0.25) is 0 Å². The van der Waals surface area contributed by atoms with Gasteiger partial charge in [-0.25, -0.2) is 0 Å². The van der Waals surface area contributed by atoms with E-state index < -0.39 is 0 Å². The Bertz CT molecular complexity index is 535. The van der Waals surface area contributed by atoms with E-state index in [0.717, 1.165) is 16.9 Å². The van der Waals surface area contributed by atoms with Crippen molar-refractivity contribution in [3.63, 3.8) is 0 Å². The smallest absolute Gasteiger partial charge is 0.168 e. The van der Waals surface area contributed by atoms with E-state index in [4.69, 9.17) is 18.0 Å². The first-order chi connectivity index (χ1) is 8.15. The Morgan fingerprint density at radius 2 is 1.94 bits per heavy atom. The number of benzene rings is 1. The summed E-state index contributed by atoms with van der Waals surface area (Å²) in [5.74, 6) is 0. The van der Waals surface area contributed by atoms with Crippen molar-refractivity contribution in [2.75, 3.05) is 5.32 Å². The molecule has 3 nitrogen and oxygen atoms in total. The molecule has 0 amide bonds. The summed E-state index contributed by atoms with van der Waals surface area (Å²) in [4.78, 5) is 4.33. The van der Waals surface area contributed by atoms with Crippen LogP contribution in [0.5, 0.6) is 0 Å². The number of nitrogens with zero attached hydrogens (tertiary/aromatic N) is 1. The number of aromatic nitrogens is 1. The molecule has 3 N–H and O–H groups in total. The maximum atomic E-state index is 5.40. The van der Waals surface area contributed by atoms with Crippen molar-refractivity contribution in [1.82, 2.24) is 4.98 Å². The van der Waals surface area contributed by atoms with Crippen molar-refractivity contribution in [3.8, 4) is 11.3 Å². The number of hydrogen-bond donors (Lipinski definition) is 2.